The van der Waals surface area contributed by atoms with E-state index in [1.807, 2.05) is 0 Å². The van der Waals surface area contributed by atoms with Gasteiger partial charge in [0.15, 0.2) is 0 Å². The van der Waals surface area contributed by atoms with E-state index in [-0.39, 0.29) is 17.3 Å². The molecular formula is C8H16F3NO4S. The standard InChI is InChI=1S/C8H16F3NO4S/c1-16-5-2-6-17(14,15)12(3-4-13)7-8(9,10)11/h13H,2-7H2,1H3. The van der Waals surface area contributed by atoms with E-state index >= 15 is 0 Å². The lowest BCUT2D eigenvalue weighted by molar-refractivity contribution is -0.136. The van der Waals surface area contributed by atoms with Crippen LogP contribution in [0.3, 0.4) is 0 Å². The summed E-state index contributed by atoms with van der Waals surface area (Å²) < 4.78 is 64.3. The summed E-state index contributed by atoms with van der Waals surface area (Å²) in [7, 11) is -2.65. The van der Waals surface area contributed by atoms with Gasteiger partial charge in [-0.15, -0.1) is 0 Å². The molecule has 0 heterocycles. The highest BCUT2D eigenvalue weighted by atomic mass is 32.2. The Morgan fingerprint density at radius 2 is 1.94 bits per heavy atom. The number of nitrogens with zero attached hydrogens (tertiary/aromatic N) is 1. The number of sulfonamides is 1. The number of methoxy groups -OCH3 is 1. The zero-order valence-corrected chi connectivity index (χ0v) is 10.2. The topological polar surface area (TPSA) is 66.8 Å². The van der Waals surface area contributed by atoms with Gasteiger partial charge in [0.2, 0.25) is 10.0 Å². The second kappa shape index (κ2) is 7.14. The molecule has 0 aromatic heterocycles. The molecule has 0 aliphatic heterocycles. The van der Waals surface area contributed by atoms with Gasteiger partial charge in [-0.25, -0.2) is 8.42 Å². The Hall–Kier alpha value is -0.380. The third-order valence-corrected chi connectivity index (χ3v) is 3.75. The summed E-state index contributed by atoms with van der Waals surface area (Å²) >= 11 is 0. The first-order chi connectivity index (χ1) is 7.73. The summed E-state index contributed by atoms with van der Waals surface area (Å²) in [6.07, 6.45) is -4.51. The molecule has 0 unspecified atom stereocenters. The largest absolute Gasteiger partial charge is 0.402 e. The Morgan fingerprint density at radius 3 is 2.35 bits per heavy atom. The van der Waals surface area contributed by atoms with Crippen LogP contribution in [0, 0.1) is 0 Å². The van der Waals surface area contributed by atoms with Crippen molar-refractivity contribution < 1.29 is 31.4 Å². The molecule has 1 N–H and O–H groups in total. The minimum absolute atomic E-state index is 0.110. The van der Waals surface area contributed by atoms with Crippen molar-refractivity contribution >= 4 is 10.0 Å². The summed E-state index contributed by atoms with van der Waals surface area (Å²) in [5.41, 5.74) is 0. The van der Waals surface area contributed by atoms with E-state index in [0.29, 0.717) is 0 Å². The summed E-state index contributed by atoms with van der Waals surface area (Å²) in [6.45, 7) is -2.64. The molecular weight excluding hydrogens is 263 g/mol. The van der Waals surface area contributed by atoms with E-state index < -0.39 is 41.6 Å². The first-order valence-corrected chi connectivity index (χ1v) is 6.48. The SMILES string of the molecule is COCCCS(=O)(=O)N(CCO)CC(F)(F)F. The van der Waals surface area contributed by atoms with Crippen molar-refractivity contribution in [1.29, 1.82) is 0 Å². The Balaban J connectivity index is 4.56. The van der Waals surface area contributed by atoms with Crippen molar-refractivity contribution in [2.45, 2.75) is 12.6 Å². The molecule has 0 aromatic carbocycles. The lowest BCUT2D eigenvalue weighted by Gasteiger charge is -2.22. The van der Waals surface area contributed by atoms with Crippen molar-refractivity contribution in [2.24, 2.45) is 0 Å². The average molecular weight is 279 g/mol. The van der Waals surface area contributed by atoms with Gasteiger partial charge in [-0.05, 0) is 6.42 Å². The van der Waals surface area contributed by atoms with Gasteiger partial charge in [0, 0.05) is 20.3 Å². The molecule has 104 valence electrons. The summed E-state index contributed by atoms with van der Waals surface area (Å²) in [4.78, 5) is 0. The number of hydrogen-bond acceptors (Lipinski definition) is 4. The molecule has 9 heteroatoms. The van der Waals surface area contributed by atoms with Crippen molar-refractivity contribution in [3.63, 3.8) is 0 Å². The van der Waals surface area contributed by atoms with Crippen molar-refractivity contribution in [3.8, 4) is 0 Å². The Bertz CT molecular complexity index is 304. The minimum Gasteiger partial charge on any atom is -0.395 e. The van der Waals surface area contributed by atoms with Gasteiger partial charge in [0.25, 0.3) is 0 Å². The first kappa shape index (κ1) is 16.6. The predicted octanol–water partition coefficient (Wildman–Crippen LogP) is 0.209. The Labute approximate surface area is 98.2 Å². The summed E-state index contributed by atoms with van der Waals surface area (Å²) in [6, 6.07) is 0. The molecule has 0 saturated carbocycles. The van der Waals surface area contributed by atoms with Crippen LogP contribution in [0.1, 0.15) is 6.42 Å². The second-order valence-corrected chi connectivity index (χ2v) is 5.42. The van der Waals surface area contributed by atoms with E-state index in [4.69, 9.17) is 5.11 Å². The summed E-state index contributed by atoms with van der Waals surface area (Å²) in [5.74, 6) is -0.434. The van der Waals surface area contributed by atoms with Gasteiger partial charge in [0.1, 0.15) is 6.54 Å². The number of alkyl halides is 3. The molecule has 0 bridgehead atoms. The first-order valence-electron chi connectivity index (χ1n) is 4.87. The molecule has 0 fully saturated rings. The number of rotatable bonds is 8. The third-order valence-electron chi connectivity index (χ3n) is 1.85. The number of aliphatic hydroxyl groups excluding tert-OH is 1. The second-order valence-electron chi connectivity index (χ2n) is 3.33. The maximum absolute atomic E-state index is 12.1. The van der Waals surface area contributed by atoms with E-state index in [9.17, 15) is 21.6 Å². The predicted molar refractivity (Wildman–Crippen MR) is 55.0 cm³/mol. The van der Waals surface area contributed by atoms with Crippen LogP contribution < -0.4 is 0 Å². The number of aliphatic hydroxyl groups is 1. The monoisotopic (exact) mass is 279 g/mol. The molecule has 0 radical (unpaired) electrons. The van der Waals surface area contributed by atoms with Gasteiger partial charge < -0.3 is 9.84 Å². The lowest BCUT2D eigenvalue weighted by atomic mass is 10.5. The van der Waals surface area contributed by atoms with E-state index in [2.05, 4.69) is 4.74 Å². The van der Waals surface area contributed by atoms with Crippen LogP contribution in [-0.4, -0.2) is 63.2 Å². The van der Waals surface area contributed by atoms with Crippen LogP contribution in [0.4, 0.5) is 13.2 Å². The van der Waals surface area contributed by atoms with Crippen LogP contribution in [0.15, 0.2) is 0 Å². The quantitative estimate of drug-likeness (QED) is 0.645. The van der Waals surface area contributed by atoms with Crippen LogP contribution >= 0.6 is 0 Å². The fourth-order valence-electron chi connectivity index (χ4n) is 1.14. The maximum atomic E-state index is 12.1. The van der Waals surface area contributed by atoms with Crippen LogP contribution in [0.25, 0.3) is 0 Å². The maximum Gasteiger partial charge on any atom is 0.402 e. The molecule has 0 saturated heterocycles. The van der Waals surface area contributed by atoms with E-state index in [1.54, 1.807) is 0 Å². The molecule has 0 atom stereocenters. The number of hydrogen-bond donors (Lipinski definition) is 1. The van der Waals surface area contributed by atoms with Gasteiger partial charge >= 0.3 is 6.18 Å². The number of halogens is 3. The Kier molecular flexibility index (Phi) is 6.98. The van der Waals surface area contributed by atoms with Crippen LogP contribution in [0.2, 0.25) is 0 Å². The molecule has 0 amide bonds. The highest BCUT2D eigenvalue weighted by Crippen LogP contribution is 2.18. The van der Waals surface area contributed by atoms with Gasteiger partial charge in [-0.3, -0.25) is 0 Å². The van der Waals surface area contributed by atoms with Crippen molar-refractivity contribution in [3.05, 3.63) is 0 Å². The molecule has 5 nitrogen and oxygen atoms in total. The lowest BCUT2D eigenvalue weighted by Crippen LogP contribution is -2.41. The molecule has 0 aliphatic carbocycles. The van der Waals surface area contributed by atoms with Gasteiger partial charge in [-0.2, -0.15) is 17.5 Å². The van der Waals surface area contributed by atoms with E-state index in [1.165, 1.54) is 7.11 Å². The summed E-state index contributed by atoms with van der Waals surface area (Å²) in [5, 5.41) is 8.57. The van der Waals surface area contributed by atoms with Crippen LogP contribution in [0.5, 0.6) is 0 Å². The van der Waals surface area contributed by atoms with Crippen LogP contribution in [-0.2, 0) is 14.8 Å². The zero-order valence-electron chi connectivity index (χ0n) is 9.40. The number of ether oxygens (including phenoxy) is 1. The molecule has 0 aromatic rings. The molecule has 17 heavy (non-hydrogen) atoms. The normalized spacial score (nSPS) is 13.3. The van der Waals surface area contributed by atoms with Crippen molar-refractivity contribution in [2.75, 3.05) is 39.2 Å². The fraction of sp³-hybridized carbons (Fsp3) is 1.00. The minimum atomic E-state index is -4.62. The average Bonchev–Trinajstić information content (AvgIpc) is 2.15. The third kappa shape index (κ3) is 7.53. The van der Waals surface area contributed by atoms with Crippen molar-refractivity contribution in [1.82, 2.24) is 4.31 Å². The molecule has 0 rings (SSSR count). The highest BCUT2D eigenvalue weighted by Gasteiger charge is 2.35. The van der Waals surface area contributed by atoms with Gasteiger partial charge in [0.05, 0.1) is 12.4 Å². The van der Waals surface area contributed by atoms with Gasteiger partial charge in [-0.1, -0.05) is 0 Å². The Morgan fingerprint density at radius 1 is 1.35 bits per heavy atom. The smallest absolute Gasteiger partial charge is 0.395 e. The molecule has 0 spiro atoms. The fourth-order valence-corrected chi connectivity index (χ4v) is 2.59. The van der Waals surface area contributed by atoms with E-state index in [0.717, 1.165) is 0 Å². The molecule has 0 aliphatic rings. The zero-order chi connectivity index (χ0) is 13.5. The highest BCUT2D eigenvalue weighted by molar-refractivity contribution is 7.89.